The number of nitrogens with one attached hydrogen (secondary N) is 2. The molecular weight excluding hydrogens is 360 g/mol. The largest absolute Gasteiger partial charge is 0.492 e. The average Bonchev–Trinajstić information content (AvgIpc) is 3.25. The zero-order chi connectivity index (χ0) is 19.8. The molecule has 9 heteroatoms. The summed E-state index contributed by atoms with van der Waals surface area (Å²) in [5, 5.41) is 9.30. The van der Waals surface area contributed by atoms with Gasteiger partial charge in [-0.3, -0.25) is 14.9 Å². The third kappa shape index (κ3) is 5.70. The fourth-order valence-corrected chi connectivity index (χ4v) is 3.27. The number of pyridine rings is 1. The van der Waals surface area contributed by atoms with E-state index in [1.54, 1.807) is 12.4 Å². The Bertz CT molecular complexity index is 762. The molecule has 0 saturated carbocycles. The molecule has 9 nitrogen and oxygen atoms in total. The lowest BCUT2D eigenvalue weighted by atomic mass is 9.98. The summed E-state index contributed by atoms with van der Waals surface area (Å²) < 4.78 is 5.88. The fraction of sp³-hybridized carbons (Fsp3) is 0.474. The minimum Gasteiger partial charge on any atom is -0.492 e. The molecule has 0 bridgehead atoms. The van der Waals surface area contributed by atoms with Crippen LogP contribution in [0.25, 0.3) is 11.4 Å². The summed E-state index contributed by atoms with van der Waals surface area (Å²) in [7, 11) is 0. The smallest absolute Gasteiger partial charge is 0.312 e. The van der Waals surface area contributed by atoms with Crippen molar-refractivity contribution in [3.8, 4) is 17.1 Å². The third-order valence-electron chi connectivity index (χ3n) is 4.74. The number of likely N-dealkylation sites (tertiary alicyclic amines) is 1. The first-order valence-corrected chi connectivity index (χ1v) is 9.51. The highest BCUT2D eigenvalue weighted by Gasteiger charge is 2.23. The molecular formula is C19H26N6O3. The molecule has 1 saturated heterocycles. The molecule has 1 fully saturated rings. The van der Waals surface area contributed by atoms with Crippen LogP contribution in [0.15, 0.2) is 30.6 Å². The highest BCUT2D eigenvalue weighted by molar-refractivity contribution is 5.76. The molecule has 3 rings (SSSR count). The minimum atomic E-state index is -0.560. The minimum absolute atomic E-state index is 0.113. The van der Waals surface area contributed by atoms with Gasteiger partial charge in [0.25, 0.3) is 0 Å². The number of nitrogens with two attached hydrogens (primary N) is 1. The van der Waals surface area contributed by atoms with Gasteiger partial charge in [0, 0.05) is 38.2 Å². The first kappa shape index (κ1) is 19.7. The molecule has 3 amide bonds. The Morgan fingerprint density at radius 2 is 2.25 bits per heavy atom. The summed E-state index contributed by atoms with van der Waals surface area (Å²) in [5.74, 6) is 1.12. The lowest BCUT2D eigenvalue weighted by molar-refractivity contribution is -0.133. The Labute approximate surface area is 163 Å². The Kier molecular flexibility index (Phi) is 6.83. The number of rotatable bonds is 8. The van der Waals surface area contributed by atoms with E-state index < -0.39 is 6.03 Å². The monoisotopic (exact) mass is 386 g/mol. The van der Waals surface area contributed by atoms with Crippen LogP contribution in [-0.4, -0.2) is 58.3 Å². The number of carbonyl (C=O) groups excluding carboxylic acids is 2. The second-order valence-electron chi connectivity index (χ2n) is 6.90. The SMILES string of the molecule is NC(=O)NCCCC(=O)N1CCC[C@@H](COc2ccc(-c3ccn[nH]3)nc2)C1. The molecule has 0 aromatic carbocycles. The van der Waals surface area contributed by atoms with Gasteiger partial charge in [-0.25, -0.2) is 4.79 Å². The molecule has 150 valence electrons. The Balaban J connectivity index is 1.42. The van der Waals surface area contributed by atoms with E-state index in [0.717, 1.165) is 30.8 Å². The predicted molar refractivity (Wildman–Crippen MR) is 103 cm³/mol. The van der Waals surface area contributed by atoms with E-state index in [4.69, 9.17) is 10.5 Å². The number of amides is 3. The predicted octanol–water partition coefficient (Wildman–Crippen LogP) is 1.54. The molecule has 2 aromatic heterocycles. The number of nitrogens with zero attached hydrogens (tertiary/aromatic N) is 3. The van der Waals surface area contributed by atoms with E-state index in [-0.39, 0.29) is 5.91 Å². The standard InChI is InChI=1S/C19H26N6O3/c20-19(27)21-8-1-4-18(26)25-10-2-3-14(12-25)13-28-15-5-6-16(22-11-15)17-7-9-23-24-17/h5-7,9,11,14H,1-4,8,10,12-13H2,(H,23,24)(H3,20,21,27)/t14-/m1/s1. The summed E-state index contributed by atoms with van der Waals surface area (Å²) in [5.41, 5.74) is 6.69. The van der Waals surface area contributed by atoms with E-state index >= 15 is 0 Å². The normalized spacial score (nSPS) is 16.6. The van der Waals surface area contributed by atoms with Crippen molar-refractivity contribution in [3.05, 3.63) is 30.6 Å². The second kappa shape index (κ2) is 9.72. The second-order valence-corrected chi connectivity index (χ2v) is 6.90. The summed E-state index contributed by atoms with van der Waals surface area (Å²) in [4.78, 5) is 29.3. The van der Waals surface area contributed by atoms with Gasteiger partial charge in [0.05, 0.1) is 24.2 Å². The molecule has 1 atom stereocenters. The van der Waals surface area contributed by atoms with Crippen molar-refractivity contribution in [3.63, 3.8) is 0 Å². The molecule has 28 heavy (non-hydrogen) atoms. The molecule has 3 heterocycles. The molecule has 2 aromatic rings. The maximum Gasteiger partial charge on any atom is 0.312 e. The highest BCUT2D eigenvalue weighted by Crippen LogP contribution is 2.21. The summed E-state index contributed by atoms with van der Waals surface area (Å²) in [6, 6.07) is 5.08. The van der Waals surface area contributed by atoms with E-state index in [1.165, 1.54) is 0 Å². The molecule has 0 radical (unpaired) electrons. The molecule has 0 unspecified atom stereocenters. The molecule has 0 aliphatic carbocycles. The van der Waals surface area contributed by atoms with Crippen molar-refractivity contribution in [2.75, 3.05) is 26.2 Å². The topological polar surface area (TPSA) is 126 Å². The van der Waals surface area contributed by atoms with Crippen LogP contribution in [0, 0.1) is 5.92 Å². The number of urea groups is 1. The van der Waals surface area contributed by atoms with Crippen molar-refractivity contribution in [2.24, 2.45) is 11.7 Å². The van der Waals surface area contributed by atoms with Crippen molar-refractivity contribution >= 4 is 11.9 Å². The van der Waals surface area contributed by atoms with Gasteiger partial charge >= 0.3 is 6.03 Å². The summed E-state index contributed by atoms with van der Waals surface area (Å²) >= 11 is 0. The number of hydrogen-bond acceptors (Lipinski definition) is 5. The number of carbonyl (C=O) groups is 2. The first-order chi connectivity index (χ1) is 13.6. The summed E-state index contributed by atoms with van der Waals surface area (Å²) in [6.45, 7) is 2.45. The Morgan fingerprint density at radius 3 is 2.96 bits per heavy atom. The van der Waals surface area contributed by atoms with Gasteiger partial charge in [-0.15, -0.1) is 0 Å². The lowest BCUT2D eigenvalue weighted by Crippen LogP contribution is -2.41. The van der Waals surface area contributed by atoms with Crippen molar-refractivity contribution in [2.45, 2.75) is 25.7 Å². The van der Waals surface area contributed by atoms with Gasteiger partial charge in [0.2, 0.25) is 5.91 Å². The molecule has 1 aliphatic heterocycles. The van der Waals surface area contributed by atoms with Gasteiger partial charge in [0.1, 0.15) is 5.75 Å². The van der Waals surface area contributed by atoms with Gasteiger partial charge in [-0.05, 0) is 37.5 Å². The van der Waals surface area contributed by atoms with Crippen LogP contribution >= 0.6 is 0 Å². The van der Waals surface area contributed by atoms with Crippen LogP contribution in [0.1, 0.15) is 25.7 Å². The number of H-pyrrole nitrogens is 1. The zero-order valence-corrected chi connectivity index (χ0v) is 15.8. The highest BCUT2D eigenvalue weighted by atomic mass is 16.5. The van der Waals surface area contributed by atoms with E-state index in [9.17, 15) is 9.59 Å². The van der Waals surface area contributed by atoms with Crippen LogP contribution in [0.2, 0.25) is 0 Å². The van der Waals surface area contributed by atoms with Gasteiger partial charge in [0.15, 0.2) is 0 Å². The number of hydrogen-bond donors (Lipinski definition) is 3. The molecule has 0 spiro atoms. The zero-order valence-electron chi connectivity index (χ0n) is 15.8. The van der Waals surface area contributed by atoms with Crippen LogP contribution in [0.4, 0.5) is 4.79 Å². The number of piperidine rings is 1. The Hall–Kier alpha value is -3.10. The van der Waals surface area contributed by atoms with Crippen molar-refractivity contribution < 1.29 is 14.3 Å². The Morgan fingerprint density at radius 1 is 1.36 bits per heavy atom. The van der Waals surface area contributed by atoms with Gasteiger partial charge in [-0.1, -0.05) is 0 Å². The fourth-order valence-electron chi connectivity index (χ4n) is 3.27. The molecule has 1 aliphatic rings. The van der Waals surface area contributed by atoms with E-state index in [2.05, 4.69) is 20.5 Å². The lowest BCUT2D eigenvalue weighted by Gasteiger charge is -2.32. The number of aromatic amines is 1. The number of aromatic nitrogens is 3. The van der Waals surface area contributed by atoms with Crippen molar-refractivity contribution in [1.82, 2.24) is 25.4 Å². The van der Waals surface area contributed by atoms with Crippen LogP contribution in [0.3, 0.4) is 0 Å². The van der Waals surface area contributed by atoms with Crippen LogP contribution in [-0.2, 0) is 4.79 Å². The van der Waals surface area contributed by atoms with E-state index in [0.29, 0.717) is 44.2 Å². The third-order valence-corrected chi connectivity index (χ3v) is 4.74. The van der Waals surface area contributed by atoms with E-state index in [1.807, 2.05) is 23.1 Å². The van der Waals surface area contributed by atoms with Crippen LogP contribution in [0.5, 0.6) is 5.75 Å². The number of primary amides is 1. The quantitative estimate of drug-likeness (QED) is 0.593. The molecule has 4 N–H and O–H groups in total. The maximum absolute atomic E-state index is 12.3. The number of ether oxygens (including phenoxy) is 1. The summed E-state index contributed by atoms with van der Waals surface area (Å²) in [6.07, 6.45) is 6.39. The average molecular weight is 386 g/mol. The first-order valence-electron chi connectivity index (χ1n) is 9.51. The van der Waals surface area contributed by atoms with Gasteiger partial charge < -0.3 is 20.7 Å². The van der Waals surface area contributed by atoms with Gasteiger partial charge in [-0.2, -0.15) is 5.10 Å². The van der Waals surface area contributed by atoms with Crippen molar-refractivity contribution in [1.29, 1.82) is 0 Å². The van der Waals surface area contributed by atoms with Crippen LogP contribution < -0.4 is 15.8 Å². The maximum atomic E-state index is 12.3.